The Hall–Kier alpha value is -0.800. The van der Waals surface area contributed by atoms with Gasteiger partial charge in [-0.2, -0.15) is 5.10 Å². The molecule has 1 aromatic heterocycles. The summed E-state index contributed by atoms with van der Waals surface area (Å²) in [4.78, 5) is 0. The van der Waals surface area contributed by atoms with Gasteiger partial charge in [-0.15, -0.1) is 0 Å². The molecule has 0 unspecified atom stereocenters. The van der Waals surface area contributed by atoms with Crippen LogP contribution < -0.4 is 5.73 Å². The van der Waals surface area contributed by atoms with E-state index in [4.69, 9.17) is 17.3 Å². The van der Waals surface area contributed by atoms with Crippen molar-refractivity contribution < 1.29 is 0 Å². The smallest absolute Gasteiger partial charge is 0.0815 e. The first-order chi connectivity index (χ1) is 5.75. The fraction of sp³-hybridized carbons (Fsp3) is 0.375. The van der Waals surface area contributed by atoms with Crippen LogP contribution in [0.2, 0.25) is 5.02 Å². The lowest BCUT2D eigenvalue weighted by atomic mass is 10.4. The van der Waals surface area contributed by atoms with Gasteiger partial charge in [-0.3, -0.25) is 4.68 Å². The lowest BCUT2D eigenvalue weighted by Gasteiger charge is -1.98. The molecule has 1 heterocycles. The van der Waals surface area contributed by atoms with Crippen LogP contribution >= 0.6 is 11.6 Å². The molecule has 0 saturated heterocycles. The zero-order valence-electron chi connectivity index (χ0n) is 7.00. The standard InChI is InChI=1S/C8H12ClN3/c1-7-8(9)6-11-12(7)5-3-2-4-10/h2-3,6H,4-5,10H2,1H3. The normalized spacial score (nSPS) is 11.2. The summed E-state index contributed by atoms with van der Waals surface area (Å²) in [5, 5.41) is 4.78. The van der Waals surface area contributed by atoms with Crippen LogP contribution in [0.5, 0.6) is 0 Å². The molecule has 3 nitrogen and oxygen atoms in total. The summed E-state index contributed by atoms with van der Waals surface area (Å²) in [7, 11) is 0. The largest absolute Gasteiger partial charge is 0.327 e. The van der Waals surface area contributed by atoms with Crippen LogP contribution in [0.25, 0.3) is 0 Å². The van der Waals surface area contributed by atoms with Gasteiger partial charge in [0.1, 0.15) is 0 Å². The van der Waals surface area contributed by atoms with Gasteiger partial charge in [0.25, 0.3) is 0 Å². The summed E-state index contributed by atoms with van der Waals surface area (Å²) >= 11 is 5.81. The maximum atomic E-state index is 5.81. The third-order valence-electron chi connectivity index (χ3n) is 1.62. The number of hydrogen-bond donors (Lipinski definition) is 1. The maximum Gasteiger partial charge on any atom is 0.0815 e. The van der Waals surface area contributed by atoms with E-state index < -0.39 is 0 Å². The van der Waals surface area contributed by atoms with Crippen molar-refractivity contribution in [1.29, 1.82) is 0 Å². The van der Waals surface area contributed by atoms with Gasteiger partial charge < -0.3 is 5.73 Å². The lowest BCUT2D eigenvalue weighted by Crippen LogP contribution is -2.00. The number of nitrogens with zero attached hydrogens (tertiary/aromatic N) is 2. The molecule has 0 radical (unpaired) electrons. The maximum absolute atomic E-state index is 5.81. The fourth-order valence-electron chi connectivity index (χ4n) is 0.878. The molecule has 0 aromatic carbocycles. The Balaban J connectivity index is 2.63. The Bertz CT molecular complexity index is 278. The van der Waals surface area contributed by atoms with Gasteiger partial charge in [0.15, 0.2) is 0 Å². The Morgan fingerprint density at radius 2 is 2.42 bits per heavy atom. The molecule has 4 heteroatoms. The van der Waals surface area contributed by atoms with Gasteiger partial charge in [0, 0.05) is 6.54 Å². The predicted octanol–water partition coefficient (Wildman–Crippen LogP) is 1.36. The van der Waals surface area contributed by atoms with E-state index >= 15 is 0 Å². The lowest BCUT2D eigenvalue weighted by molar-refractivity contribution is 0.678. The summed E-state index contributed by atoms with van der Waals surface area (Å²) in [6.07, 6.45) is 5.51. The molecular formula is C8H12ClN3. The summed E-state index contributed by atoms with van der Waals surface area (Å²) < 4.78 is 1.83. The third-order valence-corrected chi connectivity index (χ3v) is 2.00. The topological polar surface area (TPSA) is 43.8 Å². The van der Waals surface area contributed by atoms with E-state index in [9.17, 15) is 0 Å². The number of nitrogens with two attached hydrogens (primary N) is 1. The molecule has 66 valence electrons. The summed E-state index contributed by atoms with van der Waals surface area (Å²) in [6, 6.07) is 0. The number of allylic oxidation sites excluding steroid dienone is 1. The number of rotatable bonds is 3. The minimum absolute atomic E-state index is 0.564. The Kier molecular flexibility index (Phi) is 3.31. The van der Waals surface area contributed by atoms with Crippen molar-refractivity contribution in [3.63, 3.8) is 0 Å². The molecule has 2 N–H and O–H groups in total. The SMILES string of the molecule is Cc1c(Cl)cnn1CC=CCN. The number of aromatic nitrogens is 2. The van der Waals surface area contributed by atoms with Crippen LogP contribution in [0.15, 0.2) is 18.3 Å². The van der Waals surface area contributed by atoms with Crippen LogP contribution in [0.3, 0.4) is 0 Å². The van der Waals surface area contributed by atoms with Crippen molar-refractivity contribution in [3.8, 4) is 0 Å². The molecule has 0 bridgehead atoms. The first kappa shape index (κ1) is 9.29. The van der Waals surface area contributed by atoms with Gasteiger partial charge in [-0.1, -0.05) is 23.8 Å². The minimum Gasteiger partial charge on any atom is -0.327 e. The Labute approximate surface area is 76.8 Å². The zero-order chi connectivity index (χ0) is 8.97. The van der Waals surface area contributed by atoms with Gasteiger partial charge in [0.2, 0.25) is 0 Å². The number of halogens is 1. The van der Waals surface area contributed by atoms with Crippen molar-refractivity contribution >= 4 is 11.6 Å². The quantitative estimate of drug-likeness (QED) is 0.723. The zero-order valence-corrected chi connectivity index (χ0v) is 7.75. The van der Waals surface area contributed by atoms with E-state index in [1.165, 1.54) is 0 Å². The van der Waals surface area contributed by atoms with Gasteiger partial charge in [-0.25, -0.2) is 0 Å². The van der Waals surface area contributed by atoms with Crippen molar-refractivity contribution in [2.75, 3.05) is 6.54 Å². The van der Waals surface area contributed by atoms with Crippen molar-refractivity contribution in [3.05, 3.63) is 29.1 Å². The van der Waals surface area contributed by atoms with Crippen molar-refractivity contribution in [1.82, 2.24) is 9.78 Å². The van der Waals surface area contributed by atoms with Crippen LogP contribution in [0.1, 0.15) is 5.69 Å². The van der Waals surface area contributed by atoms with E-state index in [-0.39, 0.29) is 0 Å². The highest BCUT2D eigenvalue weighted by molar-refractivity contribution is 6.31. The Morgan fingerprint density at radius 1 is 1.67 bits per heavy atom. The molecule has 1 rings (SSSR count). The molecule has 0 aliphatic heterocycles. The van der Waals surface area contributed by atoms with E-state index in [0.717, 1.165) is 12.2 Å². The van der Waals surface area contributed by atoms with Crippen LogP contribution in [-0.4, -0.2) is 16.3 Å². The summed E-state index contributed by atoms with van der Waals surface area (Å²) in [5.41, 5.74) is 6.28. The van der Waals surface area contributed by atoms with Gasteiger partial charge in [0.05, 0.1) is 23.5 Å². The second kappa shape index (κ2) is 4.28. The fourth-order valence-corrected chi connectivity index (χ4v) is 1.02. The molecule has 0 aliphatic rings. The van der Waals surface area contributed by atoms with Crippen molar-refractivity contribution in [2.45, 2.75) is 13.5 Å². The molecule has 0 fully saturated rings. The minimum atomic E-state index is 0.564. The third kappa shape index (κ3) is 2.09. The van der Waals surface area contributed by atoms with Gasteiger partial charge >= 0.3 is 0 Å². The van der Waals surface area contributed by atoms with Crippen molar-refractivity contribution in [2.24, 2.45) is 5.73 Å². The van der Waals surface area contributed by atoms with Gasteiger partial charge in [-0.05, 0) is 6.92 Å². The van der Waals surface area contributed by atoms with Crippen LogP contribution in [-0.2, 0) is 6.54 Å². The second-order valence-electron chi connectivity index (χ2n) is 2.47. The van der Waals surface area contributed by atoms with Crippen LogP contribution in [0, 0.1) is 6.92 Å². The Morgan fingerprint density at radius 3 is 2.92 bits per heavy atom. The molecule has 1 aromatic rings. The molecule has 12 heavy (non-hydrogen) atoms. The molecule has 0 spiro atoms. The highest BCUT2D eigenvalue weighted by Gasteiger charge is 2.00. The average molecular weight is 186 g/mol. The molecule has 0 atom stereocenters. The summed E-state index contributed by atoms with van der Waals surface area (Å²) in [6.45, 7) is 3.23. The van der Waals surface area contributed by atoms with E-state index in [1.807, 2.05) is 23.8 Å². The predicted molar refractivity (Wildman–Crippen MR) is 50.2 cm³/mol. The second-order valence-corrected chi connectivity index (χ2v) is 2.87. The molecule has 0 saturated carbocycles. The van der Waals surface area contributed by atoms with E-state index in [2.05, 4.69) is 5.10 Å². The highest BCUT2D eigenvalue weighted by Crippen LogP contribution is 2.12. The monoisotopic (exact) mass is 185 g/mol. The molecular weight excluding hydrogens is 174 g/mol. The first-order valence-electron chi connectivity index (χ1n) is 3.78. The van der Waals surface area contributed by atoms with E-state index in [0.29, 0.717) is 11.6 Å². The van der Waals surface area contributed by atoms with E-state index in [1.54, 1.807) is 6.20 Å². The number of hydrogen-bond acceptors (Lipinski definition) is 2. The average Bonchev–Trinajstić information content (AvgIpc) is 2.36. The van der Waals surface area contributed by atoms with Crippen LogP contribution in [0.4, 0.5) is 0 Å². The summed E-state index contributed by atoms with van der Waals surface area (Å²) in [5.74, 6) is 0. The molecule has 0 aliphatic carbocycles. The molecule has 0 amide bonds. The highest BCUT2D eigenvalue weighted by atomic mass is 35.5. The first-order valence-corrected chi connectivity index (χ1v) is 4.16.